The fraction of sp³-hybridized carbons (Fsp3) is 0.111. The minimum Gasteiger partial charge on any atom is -0.384 e. The van der Waals surface area contributed by atoms with E-state index in [4.69, 9.17) is 22.3 Å². The summed E-state index contributed by atoms with van der Waals surface area (Å²) in [5, 5.41) is 18.1. The van der Waals surface area contributed by atoms with Gasteiger partial charge in [-0.15, -0.1) is 0 Å². The zero-order chi connectivity index (χ0) is 23.5. The van der Waals surface area contributed by atoms with Crippen molar-refractivity contribution >= 4 is 35.2 Å². The van der Waals surface area contributed by atoms with Gasteiger partial charge in [0.2, 0.25) is 0 Å². The minimum atomic E-state index is 0.0458. The number of amidine groups is 2. The molecule has 0 radical (unpaired) electrons. The zero-order valence-corrected chi connectivity index (χ0v) is 18.6. The average Bonchev–Trinajstić information content (AvgIpc) is 3.34. The summed E-state index contributed by atoms with van der Waals surface area (Å²) in [5.74, 6) is 0.124. The van der Waals surface area contributed by atoms with E-state index in [0.717, 1.165) is 51.3 Å². The number of allylic oxidation sites excluding steroid dienone is 1. The Morgan fingerprint density at radius 3 is 2.12 bits per heavy atom. The minimum absolute atomic E-state index is 0.0458. The second-order valence-electron chi connectivity index (χ2n) is 8.21. The molecular formula is C27H28N6. The number of rotatable bonds is 7. The van der Waals surface area contributed by atoms with E-state index in [1.54, 1.807) is 0 Å². The molecule has 0 aliphatic rings. The Hall–Kier alpha value is -4.32. The van der Waals surface area contributed by atoms with Gasteiger partial charge in [-0.3, -0.25) is 10.8 Å². The molecule has 0 unspecified atom stereocenters. The molecule has 4 rings (SSSR count). The highest BCUT2D eigenvalue weighted by molar-refractivity contribution is 6.02. The number of fused-ring (bicyclic) bond motifs is 1. The lowest BCUT2D eigenvalue weighted by Crippen LogP contribution is -2.22. The summed E-state index contributed by atoms with van der Waals surface area (Å²) >= 11 is 0. The van der Waals surface area contributed by atoms with E-state index < -0.39 is 0 Å². The van der Waals surface area contributed by atoms with Crippen LogP contribution in [0.3, 0.4) is 0 Å². The van der Waals surface area contributed by atoms with Crippen molar-refractivity contribution in [3.8, 4) is 0 Å². The van der Waals surface area contributed by atoms with Crippen LogP contribution >= 0.6 is 0 Å². The normalized spacial score (nSPS) is 12.4. The molecule has 2 aromatic heterocycles. The van der Waals surface area contributed by atoms with Gasteiger partial charge in [0.25, 0.3) is 0 Å². The molecule has 0 fully saturated rings. The van der Waals surface area contributed by atoms with E-state index in [1.165, 1.54) is 11.1 Å². The van der Waals surface area contributed by atoms with Gasteiger partial charge in [-0.2, -0.15) is 0 Å². The third-order valence-corrected chi connectivity index (χ3v) is 5.72. The molecule has 0 atom stereocenters. The number of nitrogens with one attached hydrogen (secondary N) is 4. The lowest BCUT2D eigenvalue weighted by Gasteiger charge is -2.03. The molecule has 0 amide bonds. The van der Waals surface area contributed by atoms with Crippen molar-refractivity contribution in [1.29, 1.82) is 10.8 Å². The Bertz CT molecular complexity index is 1480. The molecule has 8 N–H and O–H groups in total. The number of H-pyrrole nitrogens is 2. The third-order valence-electron chi connectivity index (χ3n) is 5.72. The predicted octanol–water partition coefficient (Wildman–Crippen LogP) is 3.03. The van der Waals surface area contributed by atoms with E-state index in [1.807, 2.05) is 37.3 Å². The van der Waals surface area contributed by atoms with Crippen LogP contribution in [0.4, 0.5) is 0 Å². The van der Waals surface area contributed by atoms with Crippen LogP contribution in [-0.4, -0.2) is 21.6 Å². The molecular weight excluding hydrogens is 408 g/mol. The van der Waals surface area contributed by atoms with Gasteiger partial charge in [0.1, 0.15) is 11.7 Å². The molecule has 0 saturated carbocycles. The number of hydrogen-bond donors (Lipinski definition) is 6. The fourth-order valence-corrected chi connectivity index (χ4v) is 3.96. The van der Waals surface area contributed by atoms with E-state index in [-0.39, 0.29) is 11.7 Å². The van der Waals surface area contributed by atoms with Gasteiger partial charge in [0, 0.05) is 51.6 Å². The lowest BCUT2D eigenvalue weighted by atomic mass is 10.0. The van der Waals surface area contributed by atoms with E-state index in [0.29, 0.717) is 5.57 Å². The maximum Gasteiger partial charge on any atom is 0.122 e. The van der Waals surface area contributed by atoms with Crippen molar-refractivity contribution < 1.29 is 0 Å². The number of hydrogen-bond acceptors (Lipinski definition) is 2. The highest BCUT2D eigenvalue weighted by Crippen LogP contribution is 2.20. The molecule has 0 bridgehead atoms. The topological polar surface area (TPSA) is 131 Å². The first-order chi connectivity index (χ1) is 15.8. The molecule has 0 aliphatic carbocycles. The highest BCUT2D eigenvalue weighted by Gasteiger charge is 2.06. The smallest absolute Gasteiger partial charge is 0.122 e. The predicted molar refractivity (Wildman–Crippen MR) is 137 cm³/mol. The molecule has 0 spiro atoms. The molecule has 6 nitrogen and oxygen atoms in total. The molecule has 166 valence electrons. The number of nitrogens with two attached hydrogens (primary N) is 2. The van der Waals surface area contributed by atoms with Gasteiger partial charge in [-0.25, -0.2) is 0 Å². The second kappa shape index (κ2) is 9.04. The van der Waals surface area contributed by atoms with E-state index in [9.17, 15) is 0 Å². The molecule has 0 aliphatic heterocycles. The van der Waals surface area contributed by atoms with Crippen LogP contribution in [0.15, 0.2) is 66.2 Å². The van der Waals surface area contributed by atoms with Crippen LogP contribution in [0, 0.1) is 10.8 Å². The summed E-state index contributed by atoms with van der Waals surface area (Å²) < 4.78 is 0. The van der Waals surface area contributed by atoms with Crippen LogP contribution < -0.4 is 22.0 Å². The van der Waals surface area contributed by atoms with Crippen molar-refractivity contribution in [2.45, 2.75) is 19.8 Å². The molecule has 6 heteroatoms. The van der Waals surface area contributed by atoms with Crippen LogP contribution in [0.1, 0.15) is 35.0 Å². The van der Waals surface area contributed by atoms with Crippen molar-refractivity contribution in [2.24, 2.45) is 11.5 Å². The first-order valence-corrected chi connectivity index (χ1v) is 10.8. The highest BCUT2D eigenvalue weighted by atomic mass is 14.7. The molecule has 0 saturated heterocycles. The number of aromatic nitrogens is 2. The summed E-state index contributed by atoms with van der Waals surface area (Å²) in [7, 11) is 0. The van der Waals surface area contributed by atoms with Crippen LogP contribution in [0.5, 0.6) is 0 Å². The standard InChI is InChI=1S/C27H28N6/c1-3-19(26(28)29)12-21-14-23(32-16(21)2)10-17-4-6-18(7-5-17)11-24-15-22-13-20(27(30)31)8-9-25(22)33-24/h3-9,12-15,32-33H,2,10-11H2,1H3,(H3,28,29)(H3,30,31)/b19-3+,21-12-. The van der Waals surface area contributed by atoms with Gasteiger partial charge in [-0.1, -0.05) is 36.9 Å². The molecule has 33 heavy (non-hydrogen) atoms. The van der Waals surface area contributed by atoms with Crippen LogP contribution in [0.2, 0.25) is 0 Å². The Labute approximate surface area is 192 Å². The maximum atomic E-state index is 7.65. The van der Waals surface area contributed by atoms with Gasteiger partial charge in [0.05, 0.1) is 0 Å². The largest absolute Gasteiger partial charge is 0.384 e. The van der Waals surface area contributed by atoms with Crippen molar-refractivity contribution in [3.05, 3.63) is 105 Å². The lowest BCUT2D eigenvalue weighted by molar-refractivity contribution is 1.08. The van der Waals surface area contributed by atoms with Gasteiger partial charge in [0.15, 0.2) is 0 Å². The summed E-state index contributed by atoms with van der Waals surface area (Å²) in [6, 6.07) is 18.5. The molecule has 4 aromatic rings. The Morgan fingerprint density at radius 2 is 1.55 bits per heavy atom. The number of benzene rings is 2. The Balaban J connectivity index is 1.48. The van der Waals surface area contributed by atoms with Crippen LogP contribution in [0.25, 0.3) is 23.6 Å². The average molecular weight is 437 g/mol. The second-order valence-corrected chi connectivity index (χ2v) is 8.21. The summed E-state index contributed by atoms with van der Waals surface area (Å²) in [6.07, 6.45) is 5.27. The molecule has 2 aromatic carbocycles. The van der Waals surface area contributed by atoms with Crippen molar-refractivity contribution in [3.63, 3.8) is 0 Å². The van der Waals surface area contributed by atoms with Crippen molar-refractivity contribution in [2.75, 3.05) is 0 Å². The van der Waals surface area contributed by atoms with E-state index in [2.05, 4.69) is 52.9 Å². The maximum absolute atomic E-state index is 7.65. The zero-order valence-electron chi connectivity index (χ0n) is 18.6. The van der Waals surface area contributed by atoms with Crippen LogP contribution in [-0.2, 0) is 12.8 Å². The van der Waals surface area contributed by atoms with Gasteiger partial charge in [-0.05, 0) is 59.7 Å². The monoisotopic (exact) mass is 436 g/mol. The summed E-state index contributed by atoms with van der Waals surface area (Å²) in [5.41, 5.74) is 18.3. The quantitative estimate of drug-likeness (QED) is 0.196. The van der Waals surface area contributed by atoms with Gasteiger partial charge < -0.3 is 21.4 Å². The first kappa shape index (κ1) is 21.9. The van der Waals surface area contributed by atoms with E-state index >= 15 is 0 Å². The third kappa shape index (κ3) is 4.96. The Kier molecular flexibility index (Phi) is 6.00. The number of aromatic amines is 2. The SMILES string of the molecule is C=c1[nH]c(Cc2ccc(Cc3cc4cc(C(=N)N)ccc4[nH]3)cc2)c/c1=C/C(=C\C)C(=N)N. The number of nitrogen functional groups attached to an aromatic ring is 1. The first-order valence-electron chi connectivity index (χ1n) is 10.8. The Morgan fingerprint density at radius 1 is 0.909 bits per heavy atom. The fourth-order valence-electron chi connectivity index (χ4n) is 3.96. The summed E-state index contributed by atoms with van der Waals surface area (Å²) in [6.45, 7) is 5.94. The molecule has 2 heterocycles. The van der Waals surface area contributed by atoms with Crippen molar-refractivity contribution in [1.82, 2.24) is 9.97 Å². The van der Waals surface area contributed by atoms with Gasteiger partial charge >= 0.3 is 0 Å². The summed E-state index contributed by atoms with van der Waals surface area (Å²) in [4.78, 5) is 6.78.